The minimum absolute atomic E-state index is 0.0831. The summed E-state index contributed by atoms with van der Waals surface area (Å²) >= 11 is 0. The molecule has 3 rings (SSSR count). The van der Waals surface area contributed by atoms with Crippen molar-refractivity contribution in [1.82, 2.24) is 15.1 Å². The van der Waals surface area contributed by atoms with E-state index in [-0.39, 0.29) is 24.6 Å². The van der Waals surface area contributed by atoms with Crippen LogP contribution in [0.4, 0.5) is 0 Å². The molecule has 0 spiro atoms. The molecule has 1 aromatic rings. The first-order valence-electron chi connectivity index (χ1n) is 8.62. The molecule has 136 valence electrons. The molecule has 7 nitrogen and oxygen atoms in total. The summed E-state index contributed by atoms with van der Waals surface area (Å²) in [5.74, 6) is 0.993. The third kappa shape index (κ3) is 3.71. The normalized spacial score (nSPS) is 20.0. The molecule has 0 radical (unpaired) electrons. The highest BCUT2D eigenvalue weighted by molar-refractivity contribution is 5.98. The van der Waals surface area contributed by atoms with Gasteiger partial charge < -0.3 is 24.6 Å². The Kier molecular flexibility index (Phi) is 5.13. The third-order valence-corrected chi connectivity index (χ3v) is 4.89. The SMILES string of the molecule is C[C@@H](CNC(=O)[C@H]1CCCN1C(=O)c1ccc2c(c1)OCO2)N(C)C. The lowest BCUT2D eigenvalue weighted by Gasteiger charge is -2.26. The van der Waals surface area contributed by atoms with Crippen LogP contribution in [0.5, 0.6) is 11.5 Å². The number of carbonyl (C=O) groups is 2. The molecule has 0 unspecified atom stereocenters. The number of rotatable bonds is 5. The number of nitrogens with one attached hydrogen (secondary N) is 1. The summed E-state index contributed by atoms with van der Waals surface area (Å²) in [5.41, 5.74) is 0.519. The van der Waals surface area contributed by atoms with E-state index in [9.17, 15) is 9.59 Å². The van der Waals surface area contributed by atoms with Gasteiger partial charge in [-0.25, -0.2) is 0 Å². The summed E-state index contributed by atoms with van der Waals surface area (Å²) in [7, 11) is 3.95. The van der Waals surface area contributed by atoms with Gasteiger partial charge in [0.25, 0.3) is 5.91 Å². The van der Waals surface area contributed by atoms with E-state index in [0.717, 1.165) is 6.42 Å². The molecule has 1 fully saturated rings. The Balaban J connectivity index is 1.66. The van der Waals surface area contributed by atoms with Crippen molar-refractivity contribution in [2.75, 3.05) is 34.0 Å². The van der Waals surface area contributed by atoms with Gasteiger partial charge in [-0.15, -0.1) is 0 Å². The van der Waals surface area contributed by atoms with E-state index in [1.807, 2.05) is 25.9 Å². The molecule has 0 bridgehead atoms. The molecule has 2 amide bonds. The molecule has 2 aliphatic heterocycles. The van der Waals surface area contributed by atoms with Crippen molar-refractivity contribution in [3.05, 3.63) is 23.8 Å². The van der Waals surface area contributed by atoms with E-state index in [4.69, 9.17) is 9.47 Å². The smallest absolute Gasteiger partial charge is 0.254 e. The molecule has 0 aliphatic carbocycles. The van der Waals surface area contributed by atoms with E-state index in [1.165, 1.54) is 0 Å². The second-order valence-electron chi connectivity index (χ2n) is 6.78. The van der Waals surface area contributed by atoms with Gasteiger partial charge in [0.2, 0.25) is 12.7 Å². The summed E-state index contributed by atoms with van der Waals surface area (Å²) in [6.07, 6.45) is 1.52. The lowest BCUT2D eigenvalue weighted by atomic mass is 10.1. The summed E-state index contributed by atoms with van der Waals surface area (Å²) in [4.78, 5) is 29.1. The number of likely N-dealkylation sites (tertiary alicyclic amines) is 1. The van der Waals surface area contributed by atoms with E-state index < -0.39 is 6.04 Å². The number of amides is 2. The second kappa shape index (κ2) is 7.31. The fourth-order valence-corrected chi connectivity index (χ4v) is 3.03. The summed E-state index contributed by atoms with van der Waals surface area (Å²) in [6.45, 7) is 3.37. The van der Waals surface area contributed by atoms with Gasteiger partial charge in [0.1, 0.15) is 6.04 Å². The number of ether oxygens (including phenoxy) is 2. The minimum Gasteiger partial charge on any atom is -0.454 e. The van der Waals surface area contributed by atoms with Crippen LogP contribution < -0.4 is 14.8 Å². The number of carbonyl (C=O) groups excluding carboxylic acids is 2. The third-order valence-electron chi connectivity index (χ3n) is 4.89. The second-order valence-corrected chi connectivity index (χ2v) is 6.78. The highest BCUT2D eigenvalue weighted by Crippen LogP contribution is 2.33. The lowest BCUT2D eigenvalue weighted by molar-refractivity contribution is -0.125. The maximum atomic E-state index is 12.8. The number of hydrogen-bond acceptors (Lipinski definition) is 5. The van der Waals surface area contributed by atoms with E-state index in [1.54, 1.807) is 23.1 Å². The molecule has 0 aromatic heterocycles. The van der Waals surface area contributed by atoms with Gasteiger partial charge in [-0.3, -0.25) is 9.59 Å². The van der Waals surface area contributed by atoms with Gasteiger partial charge in [-0.2, -0.15) is 0 Å². The number of nitrogens with zero attached hydrogens (tertiary/aromatic N) is 2. The van der Waals surface area contributed by atoms with Crippen LogP contribution in [-0.2, 0) is 4.79 Å². The molecule has 2 aliphatic rings. The van der Waals surface area contributed by atoms with Gasteiger partial charge in [0, 0.05) is 24.7 Å². The topological polar surface area (TPSA) is 71.1 Å². The average Bonchev–Trinajstić information content (AvgIpc) is 3.26. The molecule has 1 N–H and O–H groups in total. The first kappa shape index (κ1) is 17.5. The molecule has 1 saturated heterocycles. The molecular formula is C18H25N3O4. The lowest BCUT2D eigenvalue weighted by Crippen LogP contribution is -2.48. The maximum absolute atomic E-state index is 12.8. The van der Waals surface area contributed by atoms with Gasteiger partial charge >= 0.3 is 0 Å². The van der Waals surface area contributed by atoms with E-state index >= 15 is 0 Å². The van der Waals surface area contributed by atoms with Gasteiger partial charge in [0.05, 0.1) is 0 Å². The van der Waals surface area contributed by atoms with Crippen LogP contribution in [0.25, 0.3) is 0 Å². The monoisotopic (exact) mass is 347 g/mol. The predicted molar refractivity (Wildman–Crippen MR) is 92.8 cm³/mol. The molecule has 7 heteroatoms. The van der Waals surface area contributed by atoms with E-state index in [2.05, 4.69) is 5.32 Å². The quantitative estimate of drug-likeness (QED) is 0.863. The van der Waals surface area contributed by atoms with Crippen LogP contribution in [-0.4, -0.2) is 67.7 Å². The zero-order chi connectivity index (χ0) is 18.0. The van der Waals surface area contributed by atoms with Crippen molar-refractivity contribution in [1.29, 1.82) is 0 Å². The largest absolute Gasteiger partial charge is 0.454 e. The van der Waals surface area contributed by atoms with Gasteiger partial charge in [0.15, 0.2) is 11.5 Å². The standard InChI is InChI=1S/C18H25N3O4/c1-12(20(2)3)10-19-17(22)14-5-4-8-21(14)18(23)13-6-7-15-16(9-13)25-11-24-15/h6-7,9,12,14H,4-5,8,10-11H2,1-3H3,(H,19,22)/t12-,14+/m0/s1. The minimum atomic E-state index is -0.410. The van der Waals surface area contributed by atoms with Gasteiger partial charge in [-0.05, 0) is 52.1 Å². The van der Waals surface area contributed by atoms with Crippen LogP contribution in [0, 0.1) is 0 Å². The number of hydrogen-bond donors (Lipinski definition) is 1. The first-order chi connectivity index (χ1) is 12.0. The predicted octanol–water partition coefficient (Wildman–Crippen LogP) is 1.09. The Morgan fingerprint density at radius 3 is 2.84 bits per heavy atom. The van der Waals surface area contributed by atoms with Crippen molar-refractivity contribution in [2.45, 2.75) is 31.8 Å². The maximum Gasteiger partial charge on any atom is 0.254 e. The molecule has 2 atom stereocenters. The van der Waals surface area contributed by atoms with Crippen LogP contribution in [0.3, 0.4) is 0 Å². The Bertz CT molecular complexity index is 662. The molecule has 0 saturated carbocycles. The Morgan fingerprint density at radius 1 is 1.32 bits per heavy atom. The van der Waals surface area contributed by atoms with Crippen molar-refractivity contribution < 1.29 is 19.1 Å². The Hall–Kier alpha value is -2.28. The van der Waals surface area contributed by atoms with Crippen molar-refractivity contribution >= 4 is 11.8 Å². The van der Waals surface area contributed by atoms with Crippen molar-refractivity contribution in [3.8, 4) is 11.5 Å². The van der Waals surface area contributed by atoms with Gasteiger partial charge in [-0.1, -0.05) is 0 Å². The molecular weight excluding hydrogens is 322 g/mol. The summed E-state index contributed by atoms with van der Waals surface area (Å²) in [6, 6.07) is 4.97. The highest BCUT2D eigenvalue weighted by Gasteiger charge is 2.35. The van der Waals surface area contributed by atoms with Crippen LogP contribution in [0.2, 0.25) is 0 Å². The molecule has 2 heterocycles. The fraction of sp³-hybridized carbons (Fsp3) is 0.556. The first-order valence-corrected chi connectivity index (χ1v) is 8.62. The zero-order valence-corrected chi connectivity index (χ0v) is 14.9. The zero-order valence-electron chi connectivity index (χ0n) is 14.9. The Morgan fingerprint density at radius 2 is 2.08 bits per heavy atom. The summed E-state index contributed by atoms with van der Waals surface area (Å²) < 4.78 is 10.6. The van der Waals surface area contributed by atoms with Crippen LogP contribution in [0.15, 0.2) is 18.2 Å². The highest BCUT2D eigenvalue weighted by atomic mass is 16.7. The fourth-order valence-electron chi connectivity index (χ4n) is 3.03. The molecule has 1 aromatic carbocycles. The van der Waals surface area contributed by atoms with Crippen molar-refractivity contribution in [2.24, 2.45) is 0 Å². The number of likely N-dealkylation sites (N-methyl/N-ethyl adjacent to an activating group) is 1. The number of benzene rings is 1. The van der Waals surface area contributed by atoms with Crippen molar-refractivity contribution in [3.63, 3.8) is 0 Å². The summed E-state index contributed by atoms with van der Waals surface area (Å²) in [5, 5.41) is 2.96. The average molecular weight is 347 g/mol. The van der Waals surface area contributed by atoms with Crippen LogP contribution in [0.1, 0.15) is 30.1 Å². The van der Waals surface area contributed by atoms with Crippen LogP contribution >= 0.6 is 0 Å². The number of fused-ring (bicyclic) bond motifs is 1. The van der Waals surface area contributed by atoms with E-state index in [0.29, 0.717) is 36.6 Å². The Labute approximate surface area is 147 Å². The molecule has 25 heavy (non-hydrogen) atoms.